The van der Waals surface area contributed by atoms with Gasteiger partial charge in [-0.3, -0.25) is 0 Å². The molecular formula is C20H22ClFN4O2. The average Bonchev–Trinajstić information content (AvgIpc) is 2.67. The highest BCUT2D eigenvalue weighted by Crippen LogP contribution is 2.33. The molecule has 6 nitrogen and oxygen atoms in total. The van der Waals surface area contributed by atoms with Gasteiger partial charge in [0.15, 0.2) is 11.6 Å². The van der Waals surface area contributed by atoms with Gasteiger partial charge in [0, 0.05) is 24.8 Å². The molecule has 1 aromatic heterocycles. The summed E-state index contributed by atoms with van der Waals surface area (Å²) < 4.78 is 19.9. The van der Waals surface area contributed by atoms with E-state index in [4.69, 9.17) is 4.74 Å². The summed E-state index contributed by atoms with van der Waals surface area (Å²) in [5.41, 5.74) is 1.23. The Labute approximate surface area is 168 Å². The van der Waals surface area contributed by atoms with E-state index in [2.05, 4.69) is 27.2 Å². The molecule has 1 aliphatic rings. The lowest BCUT2D eigenvalue weighted by Crippen LogP contribution is -2.35. The number of benzene rings is 2. The summed E-state index contributed by atoms with van der Waals surface area (Å²) >= 11 is 0. The van der Waals surface area contributed by atoms with Crippen molar-refractivity contribution in [1.29, 1.82) is 0 Å². The van der Waals surface area contributed by atoms with Crippen LogP contribution in [0.15, 0.2) is 42.7 Å². The molecule has 0 radical (unpaired) electrons. The summed E-state index contributed by atoms with van der Waals surface area (Å²) in [5.74, 6) is 0.165. The van der Waals surface area contributed by atoms with Crippen LogP contribution in [0.4, 0.5) is 15.9 Å². The van der Waals surface area contributed by atoms with Gasteiger partial charge in [0.25, 0.3) is 0 Å². The van der Waals surface area contributed by atoms with Crippen molar-refractivity contribution >= 4 is 34.8 Å². The Morgan fingerprint density at radius 1 is 1.18 bits per heavy atom. The number of nitrogens with one attached hydrogen (secondary N) is 1. The number of piperidine rings is 1. The lowest BCUT2D eigenvalue weighted by molar-refractivity contribution is 0.116. The molecule has 3 aromatic rings. The lowest BCUT2D eigenvalue weighted by Gasteiger charge is -2.29. The summed E-state index contributed by atoms with van der Waals surface area (Å²) in [6, 6.07) is 9.82. The van der Waals surface area contributed by atoms with Crippen molar-refractivity contribution in [3.63, 3.8) is 0 Å². The van der Waals surface area contributed by atoms with Crippen molar-refractivity contribution in [3.8, 4) is 11.5 Å². The fourth-order valence-electron chi connectivity index (χ4n) is 3.28. The van der Waals surface area contributed by atoms with Crippen molar-refractivity contribution in [1.82, 2.24) is 14.9 Å². The maximum atomic E-state index is 13.7. The zero-order valence-electron chi connectivity index (χ0n) is 15.4. The smallest absolute Gasteiger partial charge is 0.166 e. The number of phenolic OH excluding ortho intramolecular Hbond substituents is 1. The van der Waals surface area contributed by atoms with E-state index in [1.165, 1.54) is 18.5 Å². The first-order valence-corrected chi connectivity index (χ1v) is 8.94. The number of nitrogens with zero attached hydrogens (tertiary/aromatic N) is 3. The van der Waals surface area contributed by atoms with Crippen LogP contribution in [0.1, 0.15) is 12.8 Å². The second kappa shape index (κ2) is 8.58. The number of ether oxygens (including phenoxy) is 1. The third kappa shape index (κ3) is 4.26. The normalized spacial score (nSPS) is 15.2. The standard InChI is InChI=1S/C20H21FN4O2.ClH/c1-25-9-7-14(8-10-25)27-18-4-2-3-16-19(18)20(23-12-22-16)24-13-5-6-17(26)15(21)11-13;/h2-6,11-12,14,26H,7-10H2,1H3,(H,22,23,24);1H. The van der Waals surface area contributed by atoms with E-state index in [0.29, 0.717) is 17.3 Å². The van der Waals surface area contributed by atoms with Crippen LogP contribution in [0.5, 0.6) is 11.5 Å². The third-order valence-electron chi connectivity index (χ3n) is 4.79. The zero-order chi connectivity index (χ0) is 18.8. The van der Waals surface area contributed by atoms with Crippen LogP contribution in [0, 0.1) is 5.82 Å². The molecule has 1 aliphatic heterocycles. The van der Waals surface area contributed by atoms with Crippen LogP contribution >= 0.6 is 12.4 Å². The number of hydrogen-bond donors (Lipinski definition) is 2. The molecule has 1 fully saturated rings. The highest BCUT2D eigenvalue weighted by molar-refractivity contribution is 5.95. The van der Waals surface area contributed by atoms with Gasteiger partial charge in [-0.1, -0.05) is 6.07 Å². The number of likely N-dealkylation sites (tertiary alicyclic amines) is 1. The molecule has 0 atom stereocenters. The van der Waals surface area contributed by atoms with E-state index in [9.17, 15) is 9.50 Å². The first-order chi connectivity index (χ1) is 13.1. The number of halogens is 2. The van der Waals surface area contributed by atoms with Gasteiger partial charge in [-0.2, -0.15) is 0 Å². The molecule has 148 valence electrons. The zero-order valence-corrected chi connectivity index (χ0v) is 16.2. The molecule has 2 heterocycles. The monoisotopic (exact) mass is 404 g/mol. The minimum atomic E-state index is -0.693. The molecule has 1 saturated heterocycles. The molecule has 0 bridgehead atoms. The van der Waals surface area contributed by atoms with E-state index in [-0.39, 0.29) is 24.3 Å². The van der Waals surface area contributed by atoms with Gasteiger partial charge >= 0.3 is 0 Å². The number of rotatable bonds is 4. The molecule has 0 spiro atoms. The summed E-state index contributed by atoms with van der Waals surface area (Å²) in [4.78, 5) is 10.9. The molecule has 2 aromatic carbocycles. The van der Waals surface area contributed by atoms with Crippen LogP contribution in [0.2, 0.25) is 0 Å². The maximum Gasteiger partial charge on any atom is 0.166 e. The number of aromatic nitrogens is 2. The van der Waals surface area contributed by atoms with Gasteiger partial charge in [0.05, 0.1) is 10.9 Å². The maximum absolute atomic E-state index is 13.7. The Balaban J connectivity index is 0.00000225. The molecular weight excluding hydrogens is 383 g/mol. The van der Waals surface area contributed by atoms with Crippen LogP contribution in [-0.2, 0) is 0 Å². The van der Waals surface area contributed by atoms with Crippen molar-refractivity contribution in [2.24, 2.45) is 0 Å². The van der Waals surface area contributed by atoms with Crippen molar-refractivity contribution in [2.75, 3.05) is 25.5 Å². The van der Waals surface area contributed by atoms with E-state index >= 15 is 0 Å². The first-order valence-electron chi connectivity index (χ1n) is 8.94. The predicted molar refractivity (Wildman–Crippen MR) is 109 cm³/mol. The summed E-state index contributed by atoms with van der Waals surface area (Å²) in [5, 5.41) is 13.2. The van der Waals surface area contributed by atoms with Gasteiger partial charge in [0.1, 0.15) is 24.0 Å². The molecule has 2 N–H and O–H groups in total. The number of hydrogen-bond acceptors (Lipinski definition) is 6. The number of fused-ring (bicyclic) bond motifs is 1. The van der Waals surface area contributed by atoms with E-state index in [0.717, 1.165) is 36.8 Å². The van der Waals surface area contributed by atoms with Gasteiger partial charge < -0.3 is 20.1 Å². The second-order valence-electron chi connectivity index (χ2n) is 6.78. The van der Waals surface area contributed by atoms with E-state index in [1.54, 1.807) is 6.07 Å². The molecule has 8 heteroatoms. The van der Waals surface area contributed by atoms with Crippen LogP contribution in [-0.4, -0.2) is 46.2 Å². The third-order valence-corrected chi connectivity index (χ3v) is 4.79. The van der Waals surface area contributed by atoms with Crippen LogP contribution < -0.4 is 10.1 Å². The topological polar surface area (TPSA) is 70.5 Å². The molecule has 0 saturated carbocycles. The largest absolute Gasteiger partial charge is 0.505 e. The number of anilines is 2. The van der Waals surface area contributed by atoms with Crippen molar-refractivity contribution in [3.05, 3.63) is 48.5 Å². The van der Waals surface area contributed by atoms with Gasteiger partial charge in [-0.05, 0) is 44.2 Å². The Hall–Kier alpha value is -2.64. The van der Waals surface area contributed by atoms with Crippen LogP contribution in [0.25, 0.3) is 10.9 Å². The lowest BCUT2D eigenvalue weighted by atomic mass is 10.1. The van der Waals surface area contributed by atoms with Gasteiger partial charge in [-0.15, -0.1) is 12.4 Å². The highest BCUT2D eigenvalue weighted by Gasteiger charge is 2.20. The van der Waals surface area contributed by atoms with Gasteiger partial charge in [0.2, 0.25) is 0 Å². The SMILES string of the molecule is CN1CCC(Oc2cccc3ncnc(Nc4ccc(O)c(F)c4)c23)CC1.Cl. The first kappa shape index (κ1) is 20.1. The Bertz CT molecular complexity index is 959. The molecule has 28 heavy (non-hydrogen) atoms. The highest BCUT2D eigenvalue weighted by atomic mass is 35.5. The fourth-order valence-corrected chi connectivity index (χ4v) is 3.28. The molecule has 0 amide bonds. The van der Waals surface area contributed by atoms with E-state index in [1.807, 2.05) is 18.2 Å². The van der Waals surface area contributed by atoms with Crippen molar-refractivity contribution < 1.29 is 14.2 Å². The van der Waals surface area contributed by atoms with Gasteiger partial charge in [-0.25, -0.2) is 14.4 Å². The summed E-state index contributed by atoms with van der Waals surface area (Å²) in [6.07, 6.45) is 3.53. The minimum absolute atomic E-state index is 0. The number of phenols is 1. The molecule has 0 aliphatic carbocycles. The predicted octanol–water partition coefficient (Wildman–Crippen LogP) is 4.11. The molecule has 0 unspecified atom stereocenters. The van der Waals surface area contributed by atoms with Crippen LogP contribution in [0.3, 0.4) is 0 Å². The summed E-state index contributed by atoms with van der Waals surface area (Å²) in [7, 11) is 2.11. The van der Waals surface area contributed by atoms with E-state index < -0.39 is 5.82 Å². The number of aromatic hydroxyl groups is 1. The molecule has 4 rings (SSSR count). The Kier molecular flexibility index (Phi) is 6.16. The minimum Gasteiger partial charge on any atom is -0.505 e. The Morgan fingerprint density at radius 2 is 1.96 bits per heavy atom. The fraction of sp³-hybridized carbons (Fsp3) is 0.300. The average molecular weight is 405 g/mol. The summed E-state index contributed by atoms with van der Waals surface area (Å²) in [6.45, 7) is 2.01. The Morgan fingerprint density at radius 3 is 2.71 bits per heavy atom. The quantitative estimate of drug-likeness (QED) is 0.637. The second-order valence-corrected chi connectivity index (χ2v) is 6.78. The van der Waals surface area contributed by atoms with Crippen molar-refractivity contribution in [2.45, 2.75) is 18.9 Å².